The third kappa shape index (κ3) is 2.65. The van der Waals surface area contributed by atoms with Crippen LogP contribution in [0.2, 0.25) is 5.02 Å². The van der Waals surface area contributed by atoms with Crippen LogP contribution in [0.5, 0.6) is 0 Å². The summed E-state index contributed by atoms with van der Waals surface area (Å²) in [5.74, 6) is 0.444. The Labute approximate surface area is 128 Å². The Morgan fingerprint density at radius 2 is 2.29 bits per heavy atom. The number of hydrogen-bond donors (Lipinski definition) is 1. The van der Waals surface area contributed by atoms with E-state index in [9.17, 15) is 9.90 Å². The molecule has 1 aliphatic rings. The van der Waals surface area contributed by atoms with Gasteiger partial charge in [0.25, 0.3) is 5.91 Å². The quantitative estimate of drug-likeness (QED) is 0.926. The SMILES string of the molecule is CC1CCCN(C(=O)c2cc3cc(Cl)ccc3o2)C1CO. The van der Waals surface area contributed by atoms with Gasteiger partial charge >= 0.3 is 0 Å². The first-order chi connectivity index (χ1) is 10.1. The number of halogens is 1. The summed E-state index contributed by atoms with van der Waals surface area (Å²) in [6, 6.07) is 6.86. The first-order valence-electron chi connectivity index (χ1n) is 7.21. The minimum absolute atomic E-state index is 0.0149. The summed E-state index contributed by atoms with van der Waals surface area (Å²) < 4.78 is 5.63. The number of fused-ring (bicyclic) bond motifs is 1. The molecule has 0 spiro atoms. The van der Waals surface area contributed by atoms with Gasteiger partial charge in [0.15, 0.2) is 5.76 Å². The normalized spacial score (nSPS) is 22.7. The van der Waals surface area contributed by atoms with Crippen LogP contribution in [-0.4, -0.2) is 35.1 Å². The van der Waals surface area contributed by atoms with Crippen molar-refractivity contribution in [2.75, 3.05) is 13.2 Å². The predicted octanol–water partition coefficient (Wildman–Crippen LogP) is 3.32. The molecule has 1 aromatic carbocycles. The van der Waals surface area contributed by atoms with Gasteiger partial charge in [0.1, 0.15) is 5.58 Å². The van der Waals surface area contributed by atoms with Gasteiger partial charge in [0.05, 0.1) is 12.6 Å². The van der Waals surface area contributed by atoms with E-state index in [4.69, 9.17) is 16.0 Å². The van der Waals surface area contributed by atoms with Crippen LogP contribution in [0.4, 0.5) is 0 Å². The van der Waals surface area contributed by atoms with Crippen molar-refractivity contribution in [3.05, 3.63) is 35.0 Å². The number of hydrogen-bond acceptors (Lipinski definition) is 3. The molecule has 2 unspecified atom stereocenters. The molecule has 4 nitrogen and oxygen atoms in total. The van der Waals surface area contributed by atoms with Gasteiger partial charge in [-0.2, -0.15) is 0 Å². The predicted molar refractivity (Wildman–Crippen MR) is 81.5 cm³/mol. The number of piperidine rings is 1. The Morgan fingerprint density at radius 1 is 1.48 bits per heavy atom. The molecule has 0 radical (unpaired) electrons. The van der Waals surface area contributed by atoms with Crippen LogP contribution >= 0.6 is 11.6 Å². The number of amides is 1. The van der Waals surface area contributed by atoms with Crippen LogP contribution in [-0.2, 0) is 0 Å². The first kappa shape index (κ1) is 14.4. The van der Waals surface area contributed by atoms with Crippen LogP contribution < -0.4 is 0 Å². The van der Waals surface area contributed by atoms with Gasteiger partial charge in [0.2, 0.25) is 0 Å². The van der Waals surface area contributed by atoms with Crippen LogP contribution in [0.1, 0.15) is 30.3 Å². The number of likely N-dealkylation sites (tertiary alicyclic amines) is 1. The van der Waals surface area contributed by atoms with E-state index in [-0.39, 0.29) is 18.6 Å². The molecule has 1 amide bonds. The molecule has 0 aliphatic carbocycles. The van der Waals surface area contributed by atoms with E-state index in [1.54, 1.807) is 29.2 Å². The van der Waals surface area contributed by atoms with Crippen LogP contribution in [0.15, 0.2) is 28.7 Å². The van der Waals surface area contributed by atoms with Crippen molar-refractivity contribution >= 4 is 28.5 Å². The number of aliphatic hydroxyl groups excluding tert-OH is 1. The van der Waals surface area contributed by atoms with E-state index in [0.717, 1.165) is 18.2 Å². The van der Waals surface area contributed by atoms with Crippen LogP contribution in [0, 0.1) is 5.92 Å². The summed E-state index contributed by atoms with van der Waals surface area (Å²) in [4.78, 5) is 14.4. The van der Waals surface area contributed by atoms with Gasteiger partial charge < -0.3 is 14.4 Å². The second-order valence-electron chi connectivity index (χ2n) is 5.66. The Kier molecular flexibility index (Phi) is 3.91. The zero-order valence-electron chi connectivity index (χ0n) is 11.9. The number of nitrogens with zero attached hydrogens (tertiary/aromatic N) is 1. The van der Waals surface area contributed by atoms with Crippen molar-refractivity contribution in [3.8, 4) is 0 Å². The van der Waals surface area contributed by atoms with E-state index in [1.165, 1.54) is 0 Å². The number of rotatable bonds is 2. The average Bonchev–Trinajstić information content (AvgIpc) is 2.89. The molecule has 2 atom stereocenters. The molecule has 1 N–H and O–H groups in total. The summed E-state index contributed by atoms with van der Waals surface area (Å²) in [5, 5.41) is 11.0. The number of furan rings is 1. The highest BCUT2D eigenvalue weighted by Crippen LogP contribution is 2.28. The molecule has 1 fully saturated rings. The average molecular weight is 308 g/mol. The maximum Gasteiger partial charge on any atom is 0.289 e. The molecule has 21 heavy (non-hydrogen) atoms. The molecule has 2 heterocycles. The minimum atomic E-state index is -0.159. The van der Waals surface area contributed by atoms with Gasteiger partial charge in [-0.05, 0) is 43.0 Å². The number of carbonyl (C=O) groups is 1. The third-order valence-electron chi connectivity index (χ3n) is 4.25. The lowest BCUT2D eigenvalue weighted by atomic mass is 9.91. The zero-order valence-corrected chi connectivity index (χ0v) is 12.6. The highest BCUT2D eigenvalue weighted by Gasteiger charge is 2.33. The molecular formula is C16H18ClNO3. The van der Waals surface area contributed by atoms with Crippen molar-refractivity contribution in [2.45, 2.75) is 25.8 Å². The van der Waals surface area contributed by atoms with Crippen molar-refractivity contribution in [1.82, 2.24) is 4.90 Å². The second kappa shape index (κ2) is 5.70. The van der Waals surface area contributed by atoms with Gasteiger partial charge in [0, 0.05) is 17.0 Å². The summed E-state index contributed by atoms with van der Waals surface area (Å²) >= 11 is 5.95. The molecular weight excluding hydrogens is 290 g/mol. The molecule has 112 valence electrons. The topological polar surface area (TPSA) is 53.7 Å². The summed E-state index contributed by atoms with van der Waals surface area (Å²) in [6.45, 7) is 2.71. The van der Waals surface area contributed by atoms with E-state index in [1.807, 2.05) is 0 Å². The van der Waals surface area contributed by atoms with Gasteiger partial charge in [-0.25, -0.2) is 0 Å². The largest absolute Gasteiger partial charge is 0.451 e. The van der Waals surface area contributed by atoms with Gasteiger partial charge in [-0.3, -0.25) is 4.79 Å². The van der Waals surface area contributed by atoms with Crippen molar-refractivity contribution in [1.29, 1.82) is 0 Å². The molecule has 1 aromatic heterocycles. The number of carbonyl (C=O) groups excluding carboxylic acids is 1. The lowest BCUT2D eigenvalue weighted by Gasteiger charge is -2.38. The monoisotopic (exact) mass is 307 g/mol. The highest BCUT2D eigenvalue weighted by atomic mass is 35.5. The van der Waals surface area contributed by atoms with E-state index in [0.29, 0.717) is 28.8 Å². The smallest absolute Gasteiger partial charge is 0.289 e. The fourth-order valence-corrected chi connectivity index (χ4v) is 3.22. The van der Waals surface area contributed by atoms with Gasteiger partial charge in [-0.15, -0.1) is 0 Å². The Balaban J connectivity index is 1.92. The Bertz CT molecular complexity index is 667. The van der Waals surface area contributed by atoms with Crippen LogP contribution in [0.3, 0.4) is 0 Å². The summed E-state index contributed by atoms with van der Waals surface area (Å²) in [6.07, 6.45) is 1.99. The lowest BCUT2D eigenvalue weighted by molar-refractivity contribution is 0.0333. The fourth-order valence-electron chi connectivity index (χ4n) is 3.04. The fraction of sp³-hybridized carbons (Fsp3) is 0.438. The highest BCUT2D eigenvalue weighted by molar-refractivity contribution is 6.31. The Morgan fingerprint density at radius 3 is 3.05 bits per heavy atom. The maximum absolute atomic E-state index is 12.7. The zero-order chi connectivity index (χ0) is 15.0. The third-order valence-corrected chi connectivity index (χ3v) is 4.49. The van der Waals surface area contributed by atoms with Crippen molar-refractivity contribution in [3.63, 3.8) is 0 Å². The number of benzene rings is 1. The Hall–Kier alpha value is -1.52. The lowest BCUT2D eigenvalue weighted by Crippen LogP contribution is -2.49. The van der Waals surface area contributed by atoms with E-state index in [2.05, 4.69) is 6.92 Å². The second-order valence-corrected chi connectivity index (χ2v) is 6.10. The summed E-state index contributed by atoms with van der Waals surface area (Å²) in [7, 11) is 0. The molecule has 0 saturated carbocycles. The van der Waals surface area contributed by atoms with E-state index >= 15 is 0 Å². The molecule has 1 aliphatic heterocycles. The molecule has 1 saturated heterocycles. The molecule has 3 rings (SSSR count). The number of aliphatic hydroxyl groups is 1. The van der Waals surface area contributed by atoms with Gasteiger partial charge in [-0.1, -0.05) is 18.5 Å². The minimum Gasteiger partial charge on any atom is -0.451 e. The molecule has 5 heteroatoms. The first-order valence-corrected chi connectivity index (χ1v) is 7.59. The maximum atomic E-state index is 12.7. The summed E-state index contributed by atoms with van der Waals surface area (Å²) in [5.41, 5.74) is 0.647. The van der Waals surface area contributed by atoms with E-state index < -0.39 is 0 Å². The standard InChI is InChI=1S/C16H18ClNO3/c1-10-3-2-6-18(13(10)9-19)16(20)15-8-11-7-12(17)4-5-14(11)21-15/h4-5,7-8,10,13,19H,2-3,6,9H2,1H3. The van der Waals surface area contributed by atoms with Crippen molar-refractivity contribution in [2.24, 2.45) is 5.92 Å². The van der Waals surface area contributed by atoms with Crippen LogP contribution in [0.25, 0.3) is 11.0 Å². The molecule has 2 aromatic rings. The van der Waals surface area contributed by atoms with Crippen molar-refractivity contribution < 1.29 is 14.3 Å². The molecule has 0 bridgehead atoms.